The van der Waals surface area contributed by atoms with Crippen LogP contribution >= 0.6 is 11.6 Å². The van der Waals surface area contributed by atoms with E-state index in [4.69, 9.17) is 11.6 Å². The molecule has 0 aromatic carbocycles. The molecule has 0 spiro atoms. The number of amides is 1. The van der Waals surface area contributed by atoms with E-state index >= 15 is 0 Å². The Kier molecular flexibility index (Phi) is 6.73. The first-order valence-electron chi connectivity index (χ1n) is 8.44. The fraction of sp³-hybridized carbons (Fsp3) is 0.333. The van der Waals surface area contributed by atoms with E-state index in [0.717, 1.165) is 6.26 Å². The van der Waals surface area contributed by atoms with E-state index in [1.807, 2.05) is 13.8 Å². The highest BCUT2D eigenvalue weighted by Crippen LogP contribution is 2.17. The van der Waals surface area contributed by atoms with Gasteiger partial charge in [0.1, 0.15) is 5.16 Å². The van der Waals surface area contributed by atoms with Crippen molar-refractivity contribution in [2.45, 2.75) is 38.3 Å². The Morgan fingerprint density at radius 2 is 2.11 bits per heavy atom. The van der Waals surface area contributed by atoms with Crippen molar-refractivity contribution in [3.63, 3.8) is 0 Å². The molecule has 2 rings (SSSR count). The number of aromatic nitrogens is 1. The molecule has 0 bridgehead atoms. The average molecular weight is 424 g/mol. The summed E-state index contributed by atoms with van der Waals surface area (Å²) in [4.78, 5) is 27.1. The van der Waals surface area contributed by atoms with Crippen molar-refractivity contribution in [3.05, 3.63) is 47.5 Å². The van der Waals surface area contributed by atoms with E-state index in [9.17, 15) is 13.2 Å². The molecule has 28 heavy (non-hydrogen) atoms. The summed E-state index contributed by atoms with van der Waals surface area (Å²) in [6.07, 6.45) is 4.15. The number of carbonyl (C=O) groups is 1. The van der Waals surface area contributed by atoms with E-state index in [0.29, 0.717) is 17.2 Å². The first-order chi connectivity index (χ1) is 13.0. The Bertz CT molecular complexity index is 979. The van der Waals surface area contributed by atoms with E-state index < -0.39 is 9.84 Å². The number of amidine groups is 2. The third-order valence-corrected chi connectivity index (χ3v) is 4.98. The number of piperazine rings is 1. The van der Waals surface area contributed by atoms with Gasteiger partial charge in [-0.1, -0.05) is 24.3 Å². The highest BCUT2D eigenvalue weighted by Gasteiger charge is 2.34. The Hall–Kier alpha value is -2.52. The van der Waals surface area contributed by atoms with Gasteiger partial charge in [0.15, 0.2) is 21.5 Å². The van der Waals surface area contributed by atoms with Crippen molar-refractivity contribution in [2.75, 3.05) is 6.26 Å². The molecule has 1 amide bonds. The van der Waals surface area contributed by atoms with Gasteiger partial charge in [-0.15, -0.1) is 0 Å². The third kappa shape index (κ3) is 5.05. The molecule has 150 valence electrons. The Labute approximate surface area is 169 Å². The normalized spacial score (nSPS) is 19.6. The average Bonchev–Trinajstić information content (AvgIpc) is 2.60. The van der Waals surface area contributed by atoms with Crippen LogP contribution in [0, 0.1) is 0 Å². The van der Waals surface area contributed by atoms with Gasteiger partial charge in [-0.2, -0.15) is 0 Å². The van der Waals surface area contributed by atoms with Gasteiger partial charge in [0.25, 0.3) is 5.91 Å². The molecule has 1 fully saturated rings. The van der Waals surface area contributed by atoms with Crippen LogP contribution in [-0.2, 0) is 21.2 Å². The lowest BCUT2D eigenvalue weighted by atomic mass is 10.2. The van der Waals surface area contributed by atoms with Gasteiger partial charge in [0.05, 0.1) is 22.8 Å². The quantitative estimate of drug-likeness (QED) is 0.731. The number of pyridine rings is 1. The molecule has 8 nitrogen and oxygen atoms in total. The second-order valence-electron chi connectivity index (χ2n) is 6.33. The SMILES string of the molecule is C=C(Cl)/N=C1\C(=C/C)NC(=NCc2ccc(S(C)(=O)=O)cn2)C(=O)N1C(C)C. The summed E-state index contributed by atoms with van der Waals surface area (Å²) in [5.41, 5.74) is 1.11. The minimum atomic E-state index is -3.32. The second-order valence-corrected chi connectivity index (χ2v) is 8.78. The fourth-order valence-electron chi connectivity index (χ4n) is 2.48. The minimum Gasteiger partial charge on any atom is -0.333 e. The molecule has 0 saturated carbocycles. The molecule has 1 aliphatic heterocycles. The third-order valence-electron chi connectivity index (χ3n) is 3.80. The minimum absolute atomic E-state index is 0.0603. The summed E-state index contributed by atoms with van der Waals surface area (Å²) in [5, 5.41) is 3.03. The van der Waals surface area contributed by atoms with Crippen LogP contribution in [0.25, 0.3) is 0 Å². The number of rotatable bonds is 5. The maximum atomic E-state index is 12.9. The maximum Gasteiger partial charge on any atom is 0.295 e. The predicted molar refractivity (Wildman–Crippen MR) is 110 cm³/mol. The summed E-state index contributed by atoms with van der Waals surface area (Å²) >= 11 is 5.82. The monoisotopic (exact) mass is 423 g/mol. The molecule has 1 saturated heterocycles. The number of aliphatic imine (C=N–C) groups is 2. The van der Waals surface area contributed by atoms with Crippen LogP contribution in [0.15, 0.2) is 56.7 Å². The van der Waals surface area contributed by atoms with Crippen molar-refractivity contribution in [2.24, 2.45) is 9.98 Å². The zero-order chi connectivity index (χ0) is 21.1. The van der Waals surface area contributed by atoms with Crippen LogP contribution in [0.4, 0.5) is 0 Å². The molecule has 0 atom stereocenters. The van der Waals surface area contributed by atoms with Gasteiger partial charge in [-0.25, -0.2) is 13.4 Å². The number of sulfone groups is 1. The largest absolute Gasteiger partial charge is 0.333 e. The molecule has 0 radical (unpaired) electrons. The lowest BCUT2D eigenvalue weighted by Crippen LogP contribution is -2.56. The Balaban J connectivity index is 2.33. The van der Waals surface area contributed by atoms with E-state index in [-0.39, 0.29) is 34.4 Å². The molecule has 1 N–H and O–H groups in total. The number of allylic oxidation sites excluding steroid dienone is 1. The topological polar surface area (TPSA) is 104 Å². The van der Waals surface area contributed by atoms with Crippen LogP contribution in [0.5, 0.6) is 0 Å². The van der Waals surface area contributed by atoms with Gasteiger partial charge < -0.3 is 5.32 Å². The Morgan fingerprint density at radius 1 is 1.43 bits per heavy atom. The van der Waals surface area contributed by atoms with Crippen LogP contribution in [0.2, 0.25) is 0 Å². The number of hydrogen-bond acceptors (Lipinski definition) is 6. The smallest absolute Gasteiger partial charge is 0.295 e. The van der Waals surface area contributed by atoms with Crippen molar-refractivity contribution in [1.82, 2.24) is 15.2 Å². The molecule has 0 aliphatic carbocycles. The maximum absolute atomic E-state index is 12.9. The van der Waals surface area contributed by atoms with Crippen LogP contribution in [0.1, 0.15) is 26.5 Å². The molecular formula is C18H22ClN5O3S. The van der Waals surface area contributed by atoms with Crippen molar-refractivity contribution >= 4 is 39.0 Å². The van der Waals surface area contributed by atoms with Crippen molar-refractivity contribution < 1.29 is 13.2 Å². The van der Waals surface area contributed by atoms with Gasteiger partial charge in [0.2, 0.25) is 0 Å². The summed E-state index contributed by atoms with van der Waals surface area (Å²) < 4.78 is 23.0. The van der Waals surface area contributed by atoms with Crippen LogP contribution in [-0.4, -0.2) is 48.2 Å². The van der Waals surface area contributed by atoms with Crippen molar-refractivity contribution in [3.8, 4) is 0 Å². The van der Waals surface area contributed by atoms with E-state index in [2.05, 4.69) is 26.9 Å². The van der Waals surface area contributed by atoms with Gasteiger partial charge >= 0.3 is 0 Å². The Morgan fingerprint density at radius 3 is 2.57 bits per heavy atom. The first kappa shape index (κ1) is 21.8. The van der Waals surface area contributed by atoms with Crippen LogP contribution < -0.4 is 5.32 Å². The zero-order valence-corrected chi connectivity index (χ0v) is 17.7. The molecule has 2 heterocycles. The first-order valence-corrected chi connectivity index (χ1v) is 10.7. The summed E-state index contributed by atoms with van der Waals surface area (Å²) in [7, 11) is -3.32. The number of hydrogen-bond donors (Lipinski definition) is 1. The summed E-state index contributed by atoms with van der Waals surface area (Å²) in [6.45, 7) is 9.17. The van der Waals surface area contributed by atoms with Gasteiger partial charge in [-0.05, 0) is 32.9 Å². The van der Waals surface area contributed by atoms with Crippen molar-refractivity contribution in [1.29, 1.82) is 0 Å². The highest BCUT2D eigenvalue weighted by atomic mass is 35.5. The fourth-order valence-corrected chi connectivity index (χ4v) is 3.12. The molecule has 0 unspecified atom stereocenters. The molecule has 1 aliphatic rings. The number of carbonyl (C=O) groups excluding carboxylic acids is 1. The van der Waals surface area contributed by atoms with Crippen LogP contribution in [0.3, 0.4) is 0 Å². The lowest BCUT2D eigenvalue weighted by molar-refractivity contribution is -0.122. The van der Waals surface area contributed by atoms with E-state index in [1.54, 1.807) is 19.1 Å². The second kappa shape index (κ2) is 8.66. The number of halogens is 1. The van der Waals surface area contributed by atoms with Gasteiger partial charge in [0, 0.05) is 18.5 Å². The molecule has 1 aromatic rings. The molecule has 10 heteroatoms. The molecular weight excluding hydrogens is 402 g/mol. The number of nitrogens with one attached hydrogen (secondary N) is 1. The predicted octanol–water partition coefficient (Wildman–Crippen LogP) is 2.24. The summed E-state index contributed by atoms with van der Waals surface area (Å²) in [5.74, 6) is 0.150. The zero-order valence-electron chi connectivity index (χ0n) is 16.1. The summed E-state index contributed by atoms with van der Waals surface area (Å²) in [6, 6.07) is 2.84. The van der Waals surface area contributed by atoms with E-state index in [1.165, 1.54) is 17.2 Å². The number of nitrogens with zero attached hydrogens (tertiary/aromatic N) is 4. The highest BCUT2D eigenvalue weighted by molar-refractivity contribution is 7.90. The lowest BCUT2D eigenvalue weighted by Gasteiger charge is -2.34. The molecule has 1 aromatic heterocycles. The van der Waals surface area contributed by atoms with Gasteiger partial charge in [-0.3, -0.25) is 19.7 Å². The standard InChI is InChI=1S/C18H22ClN5O3S/c1-6-15-17(22-12(4)19)24(11(2)3)18(25)16(23-15)21-9-13-7-8-14(10-20-13)28(5,26)27/h6-8,10-11H,4,9H2,1-3,5H3,(H,21,23)/b15-6+,22-17+.